The van der Waals surface area contributed by atoms with Crippen LogP contribution in [0.1, 0.15) is 80.9 Å². The zero-order chi connectivity index (χ0) is 29.6. The molecule has 0 spiro atoms. The zero-order valence-corrected chi connectivity index (χ0v) is 23.6. The van der Waals surface area contributed by atoms with Crippen molar-refractivity contribution in [1.82, 2.24) is 29.5 Å². The largest absolute Gasteiger partial charge is 0.480 e. The van der Waals surface area contributed by atoms with Crippen LogP contribution in [0.3, 0.4) is 0 Å². The Hall–Kier alpha value is -4.09. The van der Waals surface area contributed by atoms with Crippen LogP contribution in [0.4, 0.5) is 23.4 Å². The van der Waals surface area contributed by atoms with Crippen molar-refractivity contribution in [2.45, 2.75) is 70.1 Å². The van der Waals surface area contributed by atoms with Crippen LogP contribution in [0.25, 0.3) is 22.8 Å². The Morgan fingerprint density at radius 1 is 0.976 bits per heavy atom. The van der Waals surface area contributed by atoms with Gasteiger partial charge in [-0.2, -0.15) is 13.2 Å². The first-order chi connectivity index (χ1) is 20.2. The van der Waals surface area contributed by atoms with E-state index in [2.05, 4.69) is 19.9 Å². The summed E-state index contributed by atoms with van der Waals surface area (Å²) in [6.07, 6.45) is 3.73. The standard InChI is InChI=1S/C30H31F4N7O/c1-17(2)41-15-23(30(32,33)34)38-27(41)20-11-7-18(8-12-20)22-6-4-5-13-40(22)28-21(31)14-35-26(39-28)24-25(19-9-10-19)36-16-37-29(24)42-3/h7-8,11-12,14-17,19,22H,4-6,9-10,13H2,1-3H3. The van der Waals surface area contributed by atoms with Crippen molar-refractivity contribution < 1.29 is 22.3 Å². The second kappa shape index (κ2) is 11.0. The molecule has 1 aromatic carbocycles. The molecule has 4 aromatic rings. The summed E-state index contributed by atoms with van der Waals surface area (Å²) < 4.78 is 62.7. The summed E-state index contributed by atoms with van der Waals surface area (Å²) in [7, 11) is 1.52. The number of imidazole rings is 1. The zero-order valence-electron chi connectivity index (χ0n) is 23.6. The van der Waals surface area contributed by atoms with Crippen LogP contribution in [0, 0.1) is 5.82 Å². The molecule has 1 unspecified atom stereocenters. The molecule has 0 N–H and O–H groups in total. The Morgan fingerprint density at radius 3 is 2.40 bits per heavy atom. The number of nitrogens with zero attached hydrogens (tertiary/aromatic N) is 7. The fourth-order valence-electron chi connectivity index (χ4n) is 5.62. The SMILES string of the molecule is COc1ncnc(C2CC2)c1-c1ncc(F)c(N2CCCCC2c2ccc(-c3nc(C(F)(F)F)cn3C(C)C)cc2)n1. The fraction of sp³-hybridized carbons (Fsp3) is 0.433. The maximum Gasteiger partial charge on any atom is 0.434 e. The topological polar surface area (TPSA) is 81.9 Å². The second-order valence-electron chi connectivity index (χ2n) is 11.1. The van der Waals surface area contributed by atoms with Crippen LogP contribution in [-0.2, 0) is 6.18 Å². The minimum atomic E-state index is -4.53. The molecule has 1 saturated carbocycles. The van der Waals surface area contributed by atoms with Gasteiger partial charge in [0, 0.05) is 30.3 Å². The van der Waals surface area contributed by atoms with Crippen LogP contribution in [-0.4, -0.2) is 43.1 Å². The summed E-state index contributed by atoms with van der Waals surface area (Å²) >= 11 is 0. The molecule has 0 radical (unpaired) electrons. The van der Waals surface area contributed by atoms with E-state index in [4.69, 9.17) is 9.72 Å². The molecule has 1 aliphatic carbocycles. The Morgan fingerprint density at radius 2 is 1.74 bits per heavy atom. The van der Waals surface area contributed by atoms with Crippen LogP contribution < -0.4 is 9.64 Å². The number of aromatic nitrogens is 6. The van der Waals surface area contributed by atoms with Gasteiger partial charge in [0.2, 0.25) is 5.88 Å². The van der Waals surface area contributed by atoms with Crippen molar-refractivity contribution in [3.8, 4) is 28.7 Å². The predicted octanol–water partition coefficient (Wildman–Crippen LogP) is 7.15. The van der Waals surface area contributed by atoms with Gasteiger partial charge in [0.25, 0.3) is 0 Å². The lowest BCUT2D eigenvalue weighted by Gasteiger charge is -2.37. The molecule has 2 aliphatic rings. The molecule has 42 heavy (non-hydrogen) atoms. The highest BCUT2D eigenvalue weighted by Gasteiger charge is 2.36. The molecule has 0 bridgehead atoms. The molecule has 12 heteroatoms. The number of rotatable bonds is 7. The number of ether oxygens (including phenoxy) is 1. The van der Waals surface area contributed by atoms with Crippen LogP contribution in [0.5, 0.6) is 5.88 Å². The third-order valence-corrected chi connectivity index (χ3v) is 7.86. The Balaban J connectivity index is 1.35. The predicted molar refractivity (Wildman–Crippen MR) is 149 cm³/mol. The minimum Gasteiger partial charge on any atom is -0.480 e. The molecular weight excluding hydrogens is 550 g/mol. The smallest absolute Gasteiger partial charge is 0.434 e. The summed E-state index contributed by atoms with van der Waals surface area (Å²) in [4.78, 5) is 23.6. The molecule has 3 aromatic heterocycles. The quantitative estimate of drug-likeness (QED) is 0.214. The van der Waals surface area contributed by atoms with Crippen molar-refractivity contribution >= 4 is 5.82 Å². The molecule has 6 rings (SSSR count). The summed E-state index contributed by atoms with van der Waals surface area (Å²) in [5.74, 6) is 0.835. The first-order valence-corrected chi connectivity index (χ1v) is 14.1. The minimum absolute atomic E-state index is 0.183. The number of methoxy groups -OCH3 is 1. The van der Waals surface area contributed by atoms with Gasteiger partial charge in [-0.15, -0.1) is 0 Å². The molecule has 8 nitrogen and oxygen atoms in total. The van der Waals surface area contributed by atoms with Crippen molar-refractivity contribution in [2.75, 3.05) is 18.6 Å². The van der Waals surface area contributed by atoms with E-state index in [0.717, 1.165) is 49.6 Å². The Bertz CT molecular complexity index is 1580. The van der Waals surface area contributed by atoms with Gasteiger partial charge >= 0.3 is 6.18 Å². The maximum atomic E-state index is 15.4. The molecule has 2 fully saturated rings. The third kappa shape index (κ3) is 5.30. The average Bonchev–Trinajstić information content (AvgIpc) is 3.73. The summed E-state index contributed by atoms with van der Waals surface area (Å²) in [5.41, 5.74) is 1.95. The van der Waals surface area contributed by atoms with Crippen LogP contribution in [0.15, 0.2) is 43.0 Å². The van der Waals surface area contributed by atoms with E-state index in [1.54, 1.807) is 12.1 Å². The van der Waals surface area contributed by atoms with Crippen LogP contribution in [0.2, 0.25) is 0 Å². The average molecular weight is 582 g/mol. The van der Waals surface area contributed by atoms with E-state index in [-0.39, 0.29) is 29.6 Å². The Labute approximate surface area is 240 Å². The highest BCUT2D eigenvalue weighted by molar-refractivity contribution is 5.67. The molecule has 1 aliphatic heterocycles. The fourth-order valence-corrected chi connectivity index (χ4v) is 5.62. The highest BCUT2D eigenvalue weighted by Crippen LogP contribution is 2.45. The van der Waals surface area contributed by atoms with Gasteiger partial charge in [-0.25, -0.2) is 29.3 Å². The number of piperidine rings is 1. The Kier molecular flexibility index (Phi) is 7.32. The number of alkyl halides is 3. The van der Waals surface area contributed by atoms with Gasteiger partial charge in [-0.1, -0.05) is 24.3 Å². The lowest BCUT2D eigenvalue weighted by Crippen LogP contribution is -2.35. The second-order valence-corrected chi connectivity index (χ2v) is 11.1. The van der Waals surface area contributed by atoms with Crippen molar-refractivity contribution in [3.05, 3.63) is 65.8 Å². The highest BCUT2D eigenvalue weighted by atomic mass is 19.4. The van der Waals surface area contributed by atoms with Gasteiger partial charge in [-0.05, 0) is 51.5 Å². The molecule has 1 saturated heterocycles. The van der Waals surface area contributed by atoms with E-state index in [0.29, 0.717) is 29.4 Å². The van der Waals surface area contributed by atoms with Crippen molar-refractivity contribution in [3.63, 3.8) is 0 Å². The number of benzene rings is 1. The van der Waals surface area contributed by atoms with Gasteiger partial charge < -0.3 is 14.2 Å². The van der Waals surface area contributed by atoms with Gasteiger partial charge in [0.05, 0.1) is 25.0 Å². The van der Waals surface area contributed by atoms with Gasteiger partial charge in [0.15, 0.2) is 23.2 Å². The number of hydrogen-bond acceptors (Lipinski definition) is 7. The first-order valence-electron chi connectivity index (χ1n) is 14.1. The van der Waals surface area contributed by atoms with E-state index >= 15 is 4.39 Å². The van der Waals surface area contributed by atoms with Crippen molar-refractivity contribution in [1.29, 1.82) is 0 Å². The lowest BCUT2D eigenvalue weighted by molar-refractivity contribution is -0.140. The number of anilines is 1. The molecule has 220 valence electrons. The number of halogens is 4. The summed E-state index contributed by atoms with van der Waals surface area (Å²) in [5, 5.41) is 0. The summed E-state index contributed by atoms with van der Waals surface area (Å²) in [6.45, 7) is 4.22. The van der Waals surface area contributed by atoms with E-state index in [1.165, 1.54) is 24.2 Å². The van der Waals surface area contributed by atoms with Gasteiger partial charge in [0.1, 0.15) is 17.7 Å². The third-order valence-electron chi connectivity index (χ3n) is 7.86. The van der Waals surface area contributed by atoms with E-state index in [9.17, 15) is 13.2 Å². The van der Waals surface area contributed by atoms with Crippen molar-refractivity contribution in [2.24, 2.45) is 0 Å². The normalized spacial score (nSPS) is 17.6. The van der Waals surface area contributed by atoms with Crippen LogP contribution >= 0.6 is 0 Å². The molecule has 4 heterocycles. The summed E-state index contributed by atoms with van der Waals surface area (Å²) in [6, 6.07) is 6.92. The van der Waals surface area contributed by atoms with E-state index < -0.39 is 17.7 Å². The lowest BCUT2D eigenvalue weighted by atomic mass is 9.94. The molecule has 0 amide bonds. The molecule has 1 atom stereocenters. The van der Waals surface area contributed by atoms with E-state index in [1.807, 2.05) is 30.9 Å². The van der Waals surface area contributed by atoms with Gasteiger partial charge in [-0.3, -0.25) is 0 Å². The number of hydrogen-bond donors (Lipinski definition) is 0. The first kappa shape index (κ1) is 28.0. The molecular formula is C30H31F4N7O. The maximum absolute atomic E-state index is 15.4. The monoisotopic (exact) mass is 581 g/mol.